The smallest absolute Gasteiger partial charge is 0.264 e. The first-order valence-electron chi connectivity index (χ1n) is 14.4. The van der Waals surface area contributed by atoms with Gasteiger partial charge in [0.2, 0.25) is 11.8 Å². The number of benzene rings is 4. The van der Waals surface area contributed by atoms with Crippen LogP contribution >= 0.6 is 23.2 Å². The van der Waals surface area contributed by atoms with Gasteiger partial charge in [0.1, 0.15) is 12.6 Å². The van der Waals surface area contributed by atoms with E-state index in [4.69, 9.17) is 32.7 Å². The van der Waals surface area contributed by atoms with Crippen molar-refractivity contribution in [1.82, 2.24) is 10.2 Å². The highest BCUT2D eigenvalue weighted by molar-refractivity contribution is 7.92. The van der Waals surface area contributed by atoms with Gasteiger partial charge in [-0.2, -0.15) is 0 Å². The number of carbonyl (C=O) groups is 2. The molecule has 0 saturated carbocycles. The number of carbonyl (C=O) groups excluding carboxylic acids is 2. The van der Waals surface area contributed by atoms with Crippen molar-refractivity contribution in [2.24, 2.45) is 0 Å². The first kappa shape index (κ1) is 34.6. The first-order valence-corrected chi connectivity index (χ1v) is 16.6. The van der Waals surface area contributed by atoms with E-state index in [0.717, 1.165) is 9.87 Å². The van der Waals surface area contributed by atoms with Gasteiger partial charge in [-0.15, -0.1) is 0 Å². The minimum absolute atomic E-state index is 0.118. The van der Waals surface area contributed by atoms with Crippen molar-refractivity contribution in [3.05, 3.63) is 118 Å². The summed E-state index contributed by atoms with van der Waals surface area (Å²) in [4.78, 5) is 29.4. The van der Waals surface area contributed by atoms with Crippen LogP contribution in [0.3, 0.4) is 0 Å². The number of anilines is 1. The van der Waals surface area contributed by atoms with Crippen molar-refractivity contribution >= 4 is 50.7 Å². The van der Waals surface area contributed by atoms with Crippen molar-refractivity contribution in [1.29, 1.82) is 0 Å². The number of likely N-dealkylation sites (N-methyl/N-ethyl adjacent to an activating group) is 1. The Morgan fingerprint density at radius 2 is 1.43 bits per heavy atom. The van der Waals surface area contributed by atoms with Crippen molar-refractivity contribution in [2.45, 2.75) is 30.8 Å². The van der Waals surface area contributed by atoms with E-state index in [-0.39, 0.29) is 29.3 Å². The molecule has 1 atom stereocenters. The van der Waals surface area contributed by atoms with E-state index < -0.39 is 34.4 Å². The van der Waals surface area contributed by atoms with Crippen molar-refractivity contribution in [2.75, 3.05) is 31.6 Å². The lowest BCUT2D eigenvalue weighted by atomic mass is 10.0. The molecule has 9 nitrogen and oxygen atoms in total. The van der Waals surface area contributed by atoms with Crippen LogP contribution in [-0.2, 0) is 32.6 Å². The zero-order valence-electron chi connectivity index (χ0n) is 25.7. The lowest BCUT2D eigenvalue weighted by Crippen LogP contribution is -2.53. The maximum Gasteiger partial charge on any atom is 0.264 e. The van der Waals surface area contributed by atoms with Gasteiger partial charge in [-0.05, 0) is 48.9 Å². The van der Waals surface area contributed by atoms with Gasteiger partial charge < -0.3 is 19.7 Å². The number of rotatable bonds is 14. The average molecular weight is 685 g/mol. The SMILES string of the molecule is CCNC(=O)C(Cc1ccccc1)N(Cc1c(Cl)cccc1Cl)C(=O)CN(c1ccccc1)S(=O)(=O)c1ccc(OC)c(OC)c1. The van der Waals surface area contributed by atoms with Crippen LogP contribution < -0.4 is 19.1 Å². The molecule has 0 fully saturated rings. The topological polar surface area (TPSA) is 105 Å². The fraction of sp³-hybridized carbons (Fsp3) is 0.235. The van der Waals surface area contributed by atoms with Gasteiger partial charge in [-0.25, -0.2) is 8.42 Å². The molecule has 0 aliphatic heterocycles. The highest BCUT2D eigenvalue weighted by Crippen LogP contribution is 2.33. The predicted octanol–water partition coefficient (Wildman–Crippen LogP) is 5.98. The largest absolute Gasteiger partial charge is 0.493 e. The third-order valence-electron chi connectivity index (χ3n) is 7.28. The lowest BCUT2D eigenvalue weighted by Gasteiger charge is -2.34. The molecule has 46 heavy (non-hydrogen) atoms. The highest BCUT2D eigenvalue weighted by Gasteiger charge is 2.35. The molecule has 4 aromatic rings. The Hall–Kier alpha value is -4.25. The number of methoxy groups -OCH3 is 2. The fourth-order valence-corrected chi connectivity index (χ4v) is 6.87. The standard InChI is InChI=1S/C34H35Cl2N3O6S/c1-4-37-34(41)30(20-24-12-7-5-8-13-24)38(22-27-28(35)16-11-17-29(27)36)33(40)23-39(25-14-9-6-10-15-25)46(42,43)26-18-19-31(44-2)32(21-26)45-3/h5-19,21,30H,4,20,22-23H2,1-3H3,(H,37,41). The number of nitrogens with one attached hydrogen (secondary N) is 1. The number of hydrogen-bond donors (Lipinski definition) is 1. The van der Waals surface area contributed by atoms with E-state index in [1.165, 1.54) is 37.3 Å². The summed E-state index contributed by atoms with van der Waals surface area (Å²) in [6.07, 6.45) is 0.161. The van der Waals surface area contributed by atoms with E-state index in [2.05, 4.69) is 5.32 Å². The molecule has 0 aromatic heterocycles. The van der Waals surface area contributed by atoms with Gasteiger partial charge in [0.25, 0.3) is 10.0 Å². The normalized spacial score (nSPS) is 11.8. The summed E-state index contributed by atoms with van der Waals surface area (Å²) in [7, 11) is -1.50. The molecule has 1 unspecified atom stereocenters. The lowest BCUT2D eigenvalue weighted by molar-refractivity contribution is -0.140. The molecule has 1 N–H and O–H groups in total. The van der Waals surface area contributed by atoms with Crippen LogP contribution in [0.2, 0.25) is 10.0 Å². The zero-order chi connectivity index (χ0) is 33.3. The quantitative estimate of drug-likeness (QED) is 0.175. The van der Waals surface area contributed by atoms with E-state index >= 15 is 0 Å². The van der Waals surface area contributed by atoms with Gasteiger partial charge >= 0.3 is 0 Å². The Kier molecular flexibility index (Phi) is 11.9. The Bertz CT molecular complexity index is 1740. The minimum atomic E-state index is -4.35. The predicted molar refractivity (Wildman–Crippen MR) is 180 cm³/mol. The average Bonchev–Trinajstić information content (AvgIpc) is 3.06. The molecule has 0 aliphatic rings. The van der Waals surface area contributed by atoms with Crippen LogP contribution in [0.15, 0.2) is 102 Å². The van der Waals surface area contributed by atoms with E-state index in [1.807, 2.05) is 30.3 Å². The molecular formula is C34H35Cl2N3O6S. The van der Waals surface area contributed by atoms with Crippen molar-refractivity contribution in [3.63, 3.8) is 0 Å². The van der Waals surface area contributed by atoms with E-state index in [1.54, 1.807) is 55.5 Å². The van der Waals surface area contributed by atoms with Crippen LogP contribution in [0.4, 0.5) is 5.69 Å². The number of amides is 2. The number of nitrogens with zero attached hydrogens (tertiary/aromatic N) is 2. The van der Waals surface area contributed by atoms with Crippen molar-refractivity contribution in [3.8, 4) is 11.5 Å². The van der Waals surface area contributed by atoms with Gasteiger partial charge in [0, 0.05) is 41.2 Å². The third-order valence-corrected chi connectivity index (χ3v) is 9.76. The molecule has 0 aliphatic carbocycles. The Labute approximate surface area is 279 Å². The number of halogens is 2. The number of sulfonamides is 1. The maximum absolute atomic E-state index is 14.5. The summed E-state index contributed by atoms with van der Waals surface area (Å²) in [5.74, 6) is -0.498. The van der Waals surface area contributed by atoms with Crippen molar-refractivity contribution < 1.29 is 27.5 Å². The van der Waals surface area contributed by atoms with Gasteiger partial charge in [-0.1, -0.05) is 77.8 Å². The fourth-order valence-electron chi connectivity index (χ4n) is 4.93. The summed E-state index contributed by atoms with van der Waals surface area (Å²) >= 11 is 13.1. The minimum Gasteiger partial charge on any atom is -0.493 e. The summed E-state index contributed by atoms with van der Waals surface area (Å²) in [5, 5.41) is 3.43. The van der Waals surface area contributed by atoms with Crippen LogP contribution in [0.5, 0.6) is 11.5 Å². The maximum atomic E-state index is 14.5. The van der Waals surface area contributed by atoms with Gasteiger partial charge in [0.05, 0.1) is 24.8 Å². The van der Waals surface area contributed by atoms with Crippen LogP contribution in [0.25, 0.3) is 0 Å². The Balaban J connectivity index is 1.83. The molecule has 2 amide bonds. The second-order valence-electron chi connectivity index (χ2n) is 10.2. The second kappa shape index (κ2) is 15.8. The van der Waals surface area contributed by atoms with E-state index in [9.17, 15) is 18.0 Å². The van der Waals surface area contributed by atoms with Crippen LogP contribution in [-0.4, -0.2) is 58.5 Å². The second-order valence-corrected chi connectivity index (χ2v) is 12.9. The zero-order valence-corrected chi connectivity index (χ0v) is 28.0. The first-order chi connectivity index (χ1) is 22.1. The molecule has 4 aromatic carbocycles. The van der Waals surface area contributed by atoms with Crippen LogP contribution in [0.1, 0.15) is 18.1 Å². The number of ether oxygens (including phenoxy) is 2. The monoisotopic (exact) mass is 683 g/mol. The van der Waals surface area contributed by atoms with Crippen LogP contribution in [0, 0.1) is 0 Å². The summed E-state index contributed by atoms with van der Waals surface area (Å²) in [6.45, 7) is 1.32. The Morgan fingerprint density at radius 1 is 0.826 bits per heavy atom. The number of para-hydroxylation sites is 1. The summed E-state index contributed by atoms with van der Waals surface area (Å²) in [5.41, 5.74) is 1.48. The number of hydrogen-bond acceptors (Lipinski definition) is 6. The molecule has 0 heterocycles. The molecule has 12 heteroatoms. The van der Waals surface area contributed by atoms with Gasteiger partial charge in [0.15, 0.2) is 11.5 Å². The molecule has 0 spiro atoms. The van der Waals surface area contributed by atoms with E-state index in [0.29, 0.717) is 27.9 Å². The van der Waals surface area contributed by atoms with Gasteiger partial charge in [-0.3, -0.25) is 13.9 Å². The molecule has 0 radical (unpaired) electrons. The Morgan fingerprint density at radius 3 is 2.02 bits per heavy atom. The molecule has 4 rings (SSSR count). The molecule has 0 bridgehead atoms. The highest BCUT2D eigenvalue weighted by atomic mass is 35.5. The summed E-state index contributed by atoms with van der Waals surface area (Å²) < 4.78 is 40.2. The molecule has 242 valence electrons. The summed E-state index contributed by atoms with van der Waals surface area (Å²) in [6, 6.07) is 25.6. The third kappa shape index (κ3) is 8.12. The molecule has 0 saturated heterocycles. The molecular weight excluding hydrogens is 649 g/mol.